The minimum absolute atomic E-state index is 0.0194. The van der Waals surface area contributed by atoms with Crippen LogP contribution in [0.3, 0.4) is 0 Å². The molecule has 0 aliphatic rings. The minimum Gasteiger partial charge on any atom is -0.389 e. The fourth-order valence-corrected chi connectivity index (χ4v) is 2.30. The molecule has 5 heteroatoms. The number of fused-ring (bicyclic) bond motifs is 1. The van der Waals surface area contributed by atoms with Gasteiger partial charge in [0.05, 0.1) is 49.3 Å². The van der Waals surface area contributed by atoms with Crippen LogP contribution in [0.25, 0.3) is 11.0 Å². The Morgan fingerprint density at radius 1 is 1.24 bits per heavy atom. The normalized spacial score (nSPS) is 14.5. The zero-order valence-electron chi connectivity index (χ0n) is 13.2. The van der Waals surface area contributed by atoms with Crippen LogP contribution in [0.5, 0.6) is 0 Å². The second kappa shape index (κ2) is 7.02. The molecule has 0 spiro atoms. The van der Waals surface area contributed by atoms with E-state index in [4.69, 9.17) is 9.47 Å². The number of methoxy groups -OCH3 is 1. The van der Waals surface area contributed by atoms with Gasteiger partial charge in [-0.25, -0.2) is 4.98 Å². The highest BCUT2D eigenvalue weighted by atomic mass is 16.5. The second-order valence-electron chi connectivity index (χ2n) is 5.58. The summed E-state index contributed by atoms with van der Waals surface area (Å²) in [6, 6.07) is 4.18. The molecule has 21 heavy (non-hydrogen) atoms. The van der Waals surface area contributed by atoms with E-state index in [9.17, 15) is 5.11 Å². The molecule has 2 unspecified atom stereocenters. The first-order valence-corrected chi connectivity index (χ1v) is 7.22. The molecule has 0 aliphatic carbocycles. The molecule has 0 fully saturated rings. The van der Waals surface area contributed by atoms with Gasteiger partial charge in [0.25, 0.3) is 0 Å². The van der Waals surface area contributed by atoms with E-state index in [2.05, 4.69) is 31.0 Å². The van der Waals surface area contributed by atoms with E-state index >= 15 is 0 Å². The van der Waals surface area contributed by atoms with Crippen LogP contribution in [0.4, 0.5) is 0 Å². The third-order valence-corrected chi connectivity index (χ3v) is 3.62. The molecule has 0 bridgehead atoms. The number of imidazole rings is 1. The number of aliphatic hydroxyl groups excluding tert-OH is 1. The summed E-state index contributed by atoms with van der Waals surface area (Å²) in [7, 11) is 1.64. The average Bonchev–Trinajstić information content (AvgIpc) is 2.80. The highest BCUT2D eigenvalue weighted by Gasteiger charge is 2.11. The Balaban J connectivity index is 2.01. The summed E-state index contributed by atoms with van der Waals surface area (Å²) < 4.78 is 12.5. The predicted octanol–water partition coefficient (Wildman–Crippen LogP) is 2.07. The van der Waals surface area contributed by atoms with Gasteiger partial charge in [0.2, 0.25) is 0 Å². The summed E-state index contributed by atoms with van der Waals surface area (Å²) in [5, 5.41) is 10.1. The molecule has 2 aromatic rings. The standard InChI is InChI=1S/C16H24N2O3/c1-11-5-15-16(6-12(11)2)18(10-17-15)7-14(19)9-21-13(3)8-20-4/h5-6,10,13-14,19H,7-9H2,1-4H3. The number of aryl methyl sites for hydroxylation is 2. The Labute approximate surface area is 125 Å². The number of ether oxygens (including phenoxy) is 2. The van der Waals surface area contributed by atoms with Crippen LogP contribution in [-0.2, 0) is 16.0 Å². The van der Waals surface area contributed by atoms with Gasteiger partial charge in [0, 0.05) is 7.11 Å². The molecule has 1 N–H and O–H groups in total. The van der Waals surface area contributed by atoms with E-state index in [1.165, 1.54) is 11.1 Å². The van der Waals surface area contributed by atoms with Crippen LogP contribution < -0.4 is 0 Å². The highest BCUT2D eigenvalue weighted by Crippen LogP contribution is 2.18. The lowest BCUT2D eigenvalue weighted by Gasteiger charge is -2.16. The maximum Gasteiger partial charge on any atom is 0.0959 e. The number of benzene rings is 1. The third-order valence-electron chi connectivity index (χ3n) is 3.62. The monoisotopic (exact) mass is 292 g/mol. The van der Waals surface area contributed by atoms with Crippen molar-refractivity contribution >= 4 is 11.0 Å². The molecule has 5 nitrogen and oxygen atoms in total. The van der Waals surface area contributed by atoms with Gasteiger partial charge in [-0.05, 0) is 44.0 Å². The molecule has 0 aliphatic heterocycles. The summed E-state index contributed by atoms with van der Waals surface area (Å²) in [5.41, 5.74) is 4.45. The zero-order valence-corrected chi connectivity index (χ0v) is 13.2. The summed E-state index contributed by atoms with van der Waals surface area (Å²) in [6.45, 7) is 7.37. The maximum absolute atomic E-state index is 10.1. The number of aliphatic hydroxyl groups is 1. The van der Waals surface area contributed by atoms with Gasteiger partial charge in [-0.15, -0.1) is 0 Å². The van der Waals surface area contributed by atoms with Gasteiger partial charge in [-0.3, -0.25) is 0 Å². The molecule has 0 radical (unpaired) electrons. The first kappa shape index (κ1) is 15.9. The first-order chi connectivity index (χ1) is 10.0. The van der Waals surface area contributed by atoms with Gasteiger partial charge in [-0.2, -0.15) is 0 Å². The number of hydrogen-bond acceptors (Lipinski definition) is 4. The van der Waals surface area contributed by atoms with Gasteiger partial charge in [0.15, 0.2) is 0 Å². The van der Waals surface area contributed by atoms with Crippen LogP contribution in [0.1, 0.15) is 18.1 Å². The molecule has 0 saturated heterocycles. The summed E-state index contributed by atoms with van der Waals surface area (Å²) in [5.74, 6) is 0. The van der Waals surface area contributed by atoms with Crippen LogP contribution in [-0.4, -0.2) is 47.2 Å². The van der Waals surface area contributed by atoms with E-state index in [0.29, 0.717) is 13.2 Å². The Kier molecular flexibility index (Phi) is 5.33. The lowest BCUT2D eigenvalue weighted by molar-refractivity contribution is -0.0353. The fourth-order valence-electron chi connectivity index (χ4n) is 2.30. The molecule has 0 amide bonds. The van der Waals surface area contributed by atoms with Gasteiger partial charge in [-0.1, -0.05) is 0 Å². The third kappa shape index (κ3) is 4.03. The summed E-state index contributed by atoms with van der Waals surface area (Å²) in [6.07, 6.45) is 1.18. The van der Waals surface area contributed by atoms with Crippen molar-refractivity contribution in [2.24, 2.45) is 0 Å². The molecule has 1 aromatic carbocycles. The number of nitrogens with zero attached hydrogens (tertiary/aromatic N) is 2. The molecular weight excluding hydrogens is 268 g/mol. The van der Waals surface area contributed by atoms with E-state index < -0.39 is 6.10 Å². The number of rotatable bonds is 7. The van der Waals surface area contributed by atoms with E-state index in [0.717, 1.165) is 11.0 Å². The average molecular weight is 292 g/mol. The summed E-state index contributed by atoms with van der Waals surface area (Å²) >= 11 is 0. The van der Waals surface area contributed by atoms with E-state index in [1.54, 1.807) is 13.4 Å². The lowest BCUT2D eigenvalue weighted by atomic mass is 10.1. The van der Waals surface area contributed by atoms with Crippen LogP contribution >= 0.6 is 0 Å². The molecule has 0 saturated carbocycles. The number of aromatic nitrogens is 2. The van der Waals surface area contributed by atoms with E-state index in [1.807, 2.05) is 11.5 Å². The molecule has 2 rings (SSSR count). The molecule has 1 heterocycles. The zero-order chi connectivity index (χ0) is 15.4. The van der Waals surface area contributed by atoms with Crippen LogP contribution in [0.2, 0.25) is 0 Å². The Hall–Kier alpha value is -1.43. The number of hydrogen-bond donors (Lipinski definition) is 1. The summed E-state index contributed by atoms with van der Waals surface area (Å²) in [4.78, 5) is 4.39. The topological polar surface area (TPSA) is 56.5 Å². The lowest BCUT2D eigenvalue weighted by Crippen LogP contribution is -2.26. The smallest absolute Gasteiger partial charge is 0.0959 e. The van der Waals surface area contributed by atoms with E-state index in [-0.39, 0.29) is 12.7 Å². The SMILES string of the molecule is COCC(C)OCC(O)Cn1cnc2cc(C)c(C)cc21. The molecule has 116 valence electrons. The van der Waals surface area contributed by atoms with Gasteiger partial charge < -0.3 is 19.1 Å². The van der Waals surface area contributed by atoms with Crippen LogP contribution in [0.15, 0.2) is 18.5 Å². The second-order valence-corrected chi connectivity index (χ2v) is 5.58. The highest BCUT2D eigenvalue weighted by molar-refractivity contribution is 5.77. The fraction of sp³-hybridized carbons (Fsp3) is 0.562. The predicted molar refractivity (Wildman–Crippen MR) is 82.5 cm³/mol. The molecular formula is C16H24N2O3. The first-order valence-electron chi connectivity index (χ1n) is 7.22. The molecule has 1 aromatic heterocycles. The maximum atomic E-state index is 10.1. The van der Waals surface area contributed by atoms with Gasteiger partial charge in [0.1, 0.15) is 0 Å². The van der Waals surface area contributed by atoms with Crippen molar-refractivity contribution in [1.82, 2.24) is 9.55 Å². The Morgan fingerprint density at radius 2 is 1.95 bits per heavy atom. The van der Waals surface area contributed by atoms with Crippen molar-refractivity contribution in [1.29, 1.82) is 0 Å². The minimum atomic E-state index is -0.566. The Morgan fingerprint density at radius 3 is 2.67 bits per heavy atom. The van der Waals surface area contributed by atoms with Gasteiger partial charge >= 0.3 is 0 Å². The molecule has 2 atom stereocenters. The Bertz CT molecular complexity index is 594. The van der Waals surface area contributed by atoms with Crippen molar-refractivity contribution in [2.75, 3.05) is 20.3 Å². The quantitative estimate of drug-likeness (QED) is 0.849. The largest absolute Gasteiger partial charge is 0.389 e. The van der Waals surface area contributed by atoms with Crippen molar-refractivity contribution < 1.29 is 14.6 Å². The van der Waals surface area contributed by atoms with Crippen molar-refractivity contribution in [3.05, 3.63) is 29.6 Å². The van der Waals surface area contributed by atoms with Crippen molar-refractivity contribution in [3.63, 3.8) is 0 Å². The van der Waals surface area contributed by atoms with Crippen molar-refractivity contribution in [3.8, 4) is 0 Å². The van der Waals surface area contributed by atoms with Crippen molar-refractivity contribution in [2.45, 2.75) is 39.5 Å². The van der Waals surface area contributed by atoms with Crippen LogP contribution in [0, 0.1) is 13.8 Å².